The molecular weight excluding hydrogens is 490 g/mol. The van der Waals surface area contributed by atoms with Crippen LogP contribution in [-0.2, 0) is 18.9 Å². The van der Waals surface area contributed by atoms with Crippen LogP contribution in [0.5, 0.6) is 0 Å². The van der Waals surface area contributed by atoms with E-state index in [-0.39, 0.29) is 23.7 Å². The molecule has 3 heterocycles. The van der Waals surface area contributed by atoms with Crippen LogP contribution in [-0.4, -0.2) is 37.2 Å². The van der Waals surface area contributed by atoms with Crippen molar-refractivity contribution in [3.05, 3.63) is 117 Å². The van der Waals surface area contributed by atoms with Gasteiger partial charge in [0.15, 0.2) is 0 Å². The van der Waals surface area contributed by atoms with Gasteiger partial charge in [0.25, 0.3) is 11.5 Å². The highest BCUT2D eigenvalue weighted by Crippen LogP contribution is 2.43. The molecule has 0 saturated heterocycles. The third-order valence-corrected chi connectivity index (χ3v) is 7.91. The van der Waals surface area contributed by atoms with E-state index < -0.39 is 11.9 Å². The van der Waals surface area contributed by atoms with Gasteiger partial charge in [-0.1, -0.05) is 54.6 Å². The third kappa shape index (κ3) is 3.71. The van der Waals surface area contributed by atoms with Gasteiger partial charge in [-0.05, 0) is 43.7 Å². The Labute approximate surface area is 225 Å². The zero-order valence-electron chi connectivity index (χ0n) is 22.3. The van der Waals surface area contributed by atoms with Crippen LogP contribution >= 0.6 is 0 Å². The first-order valence-electron chi connectivity index (χ1n) is 12.9. The van der Waals surface area contributed by atoms with Gasteiger partial charge in [-0.25, -0.2) is 4.68 Å². The fourth-order valence-corrected chi connectivity index (χ4v) is 5.79. The highest BCUT2D eigenvalue weighted by atomic mass is 16.2. The fraction of sp³-hybridized carbons (Fsp3) is 0.194. The lowest BCUT2D eigenvalue weighted by atomic mass is 9.95. The van der Waals surface area contributed by atoms with Crippen LogP contribution < -0.4 is 10.9 Å². The van der Waals surface area contributed by atoms with E-state index in [2.05, 4.69) is 22.0 Å². The zero-order chi connectivity index (χ0) is 27.4. The molecule has 0 unspecified atom stereocenters. The molecule has 0 saturated carbocycles. The van der Waals surface area contributed by atoms with E-state index in [1.54, 1.807) is 23.6 Å². The Morgan fingerprint density at radius 1 is 0.846 bits per heavy atom. The number of aryl methyl sites for hydroxylation is 1. The number of carbonyl (C=O) groups excluding carboxylic acids is 2. The molecule has 6 rings (SSSR count). The van der Waals surface area contributed by atoms with Gasteiger partial charge in [0, 0.05) is 41.8 Å². The lowest BCUT2D eigenvalue weighted by molar-refractivity contribution is -0.117. The molecule has 1 atom stereocenters. The maximum atomic E-state index is 13.7. The minimum absolute atomic E-state index is 0.194. The van der Waals surface area contributed by atoms with Crippen LogP contribution in [0.4, 0.5) is 5.69 Å². The second-order valence-corrected chi connectivity index (χ2v) is 9.98. The predicted octanol–water partition coefficient (Wildman–Crippen LogP) is 4.47. The molecule has 8 nitrogen and oxygen atoms in total. The average Bonchev–Trinajstić information content (AvgIpc) is 3.45. The van der Waals surface area contributed by atoms with Gasteiger partial charge >= 0.3 is 0 Å². The molecule has 0 fully saturated rings. The van der Waals surface area contributed by atoms with Gasteiger partial charge in [-0.15, -0.1) is 0 Å². The lowest BCUT2D eigenvalue weighted by Gasteiger charge is -2.26. The molecule has 0 bridgehead atoms. The summed E-state index contributed by atoms with van der Waals surface area (Å²) < 4.78 is 5.35. The van der Waals surface area contributed by atoms with E-state index >= 15 is 0 Å². The van der Waals surface area contributed by atoms with Crippen LogP contribution in [0.15, 0.2) is 83.7 Å². The Kier molecular flexibility index (Phi) is 5.75. The second-order valence-electron chi connectivity index (χ2n) is 9.98. The van der Waals surface area contributed by atoms with Gasteiger partial charge in [-0.3, -0.25) is 19.1 Å². The van der Waals surface area contributed by atoms with E-state index in [1.807, 2.05) is 80.7 Å². The minimum atomic E-state index is -0.427. The summed E-state index contributed by atoms with van der Waals surface area (Å²) in [6.07, 6.45) is 0. The van der Waals surface area contributed by atoms with Crippen molar-refractivity contribution < 1.29 is 9.59 Å². The quantitative estimate of drug-likeness (QED) is 0.372. The van der Waals surface area contributed by atoms with E-state index in [4.69, 9.17) is 0 Å². The molecule has 8 heteroatoms. The normalized spacial score (nSPS) is 14.7. The van der Waals surface area contributed by atoms with Crippen LogP contribution in [0.25, 0.3) is 16.6 Å². The maximum Gasteiger partial charge on any atom is 0.295 e. The fourth-order valence-electron chi connectivity index (χ4n) is 5.79. The highest BCUT2D eigenvalue weighted by Gasteiger charge is 2.40. The number of hydrogen-bond donors (Lipinski definition) is 1. The summed E-state index contributed by atoms with van der Waals surface area (Å²) in [5, 5.41) is 3.86. The molecule has 39 heavy (non-hydrogen) atoms. The van der Waals surface area contributed by atoms with E-state index in [1.165, 1.54) is 4.68 Å². The number of anilines is 1. The summed E-state index contributed by atoms with van der Waals surface area (Å²) in [6, 6.07) is 24.5. The Bertz CT molecular complexity index is 1830. The van der Waals surface area contributed by atoms with Crippen molar-refractivity contribution in [2.24, 2.45) is 14.1 Å². The van der Waals surface area contributed by atoms with E-state index in [0.29, 0.717) is 16.9 Å². The minimum Gasteiger partial charge on any atom is -0.348 e. The SMILES string of the molecule is Cc1c([C@@H]2c3ccccc3C(=O)N2CC(=O)Nc2c(C)n(C)n(-c3ccccc3)c2=O)c2ccccc2n1C. The van der Waals surface area contributed by atoms with Gasteiger partial charge in [0.2, 0.25) is 5.91 Å². The monoisotopic (exact) mass is 519 g/mol. The number of rotatable bonds is 5. The summed E-state index contributed by atoms with van der Waals surface area (Å²) in [7, 11) is 3.79. The van der Waals surface area contributed by atoms with Gasteiger partial charge < -0.3 is 14.8 Å². The van der Waals surface area contributed by atoms with E-state index in [0.717, 1.165) is 27.7 Å². The molecular formula is C31H29N5O3. The number of carbonyl (C=O) groups is 2. The largest absolute Gasteiger partial charge is 0.348 e. The first-order valence-corrected chi connectivity index (χ1v) is 12.9. The lowest BCUT2D eigenvalue weighted by Crippen LogP contribution is -2.37. The van der Waals surface area contributed by atoms with Gasteiger partial charge in [0.05, 0.1) is 17.4 Å². The summed E-state index contributed by atoms with van der Waals surface area (Å²) in [6.45, 7) is 3.63. The molecule has 1 aliphatic heterocycles. The maximum absolute atomic E-state index is 13.7. The molecule has 2 amide bonds. The van der Waals surface area contributed by atoms with Crippen molar-refractivity contribution in [1.29, 1.82) is 0 Å². The van der Waals surface area contributed by atoms with Crippen LogP contribution in [0.1, 0.15) is 38.9 Å². The third-order valence-electron chi connectivity index (χ3n) is 7.91. The number of benzene rings is 3. The molecule has 1 N–H and O–H groups in total. The van der Waals surface area contributed by atoms with Crippen molar-refractivity contribution in [3.8, 4) is 5.69 Å². The molecule has 5 aromatic rings. The Morgan fingerprint density at radius 3 is 2.28 bits per heavy atom. The molecule has 3 aromatic carbocycles. The number of nitrogens with one attached hydrogen (secondary N) is 1. The van der Waals surface area contributed by atoms with Crippen molar-refractivity contribution in [2.45, 2.75) is 19.9 Å². The second kappa shape index (κ2) is 9.16. The summed E-state index contributed by atoms with van der Waals surface area (Å²) >= 11 is 0. The number of amides is 2. The van der Waals surface area contributed by atoms with Crippen molar-refractivity contribution in [2.75, 3.05) is 11.9 Å². The van der Waals surface area contributed by atoms with Crippen LogP contribution in [0.3, 0.4) is 0 Å². The number of aromatic nitrogens is 3. The Hall–Kier alpha value is -4.85. The topological polar surface area (TPSA) is 81.3 Å². The number of nitrogens with zero attached hydrogens (tertiary/aromatic N) is 4. The van der Waals surface area contributed by atoms with Crippen LogP contribution in [0, 0.1) is 13.8 Å². The molecule has 2 aromatic heterocycles. The predicted molar refractivity (Wildman–Crippen MR) is 151 cm³/mol. The molecule has 0 spiro atoms. The molecule has 0 radical (unpaired) electrons. The van der Waals surface area contributed by atoms with Crippen LogP contribution in [0.2, 0.25) is 0 Å². The zero-order valence-corrected chi connectivity index (χ0v) is 22.3. The van der Waals surface area contributed by atoms with Crippen molar-refractivity contribution in [1.82, 2.24) is 18.8 Å². The highest BCUT2D eigenvalue weighted by molar-refractivity contribution is 6.04. The Morgan fingerprint density at radius 2 is 1.51 bits per heavy atom. The first kappa shape index (κ1) is 24.5. The first-order chi connectivity index (χ1) is 18.8. The molecule has 0 aliphatic carbocycles. The van der Waals surface area contributed by atoms with E-state index in [9.17, 15) is 14.4 Å². The summed E-state index contributed by atoms with van der Waals surface area (Å²) in [4.78, 5) is 42.1. The number of fused-ring (bicyclic) bond motifs is 2. The summed E-state index contributed by atoms with van der Waals surface area (Å²) in [5.41, 5.74) is 5.75. The molecule has 196 valence electrons. The van der Waals surface area contributed by atoms with Gasteiger partial charge in [0.1, 0.15) is 12.2 Å². The smallest absolute Gasteiger partial charge is 0.295 e. The average molecular weight is 520 g/mol. The van der Waals surface area contributed by atoms with Crippen molar-refractivity contribution >= 4 is 28.4 Å². The van der Waals surface area contributed by atoms with Gasteiger partial charge in [-0.2, -0.15) is 0 Å². The van der Waals surface area contributed by atoms with Crippen molar-refractivity contribution in [3.63, 3.8) is 0 Å². The number of hydrogen-bond acceptors (Lipinski definition) is 3. The summed E-state index contributed by atoms with van der Waals surface area (Å²) in [5.74, 6) is -0.630. The number of para-hydroxylation sites is 2. The molecule has 1 aliphatic rings. The Balaban J connectivity index is 1.38. The standard InChI is InChI=1S/C31H29N5O3/c1-19-27(24-16-10-11-17-25(24)33(19)3)29-22-14-8-9-15-23(22)30(38)35(29)18-26(37)32-28-20(2)34(4)36(31(28)39)21-12-6-5-7-13-21/h5-17,29H,18H2,1-4H3,(H,32,37)/t29-/m0/s1.